The molecule has 0 aliphatic heterocycles. The van der Waals surface area contributed by atoms with Crippen LogP contribution in [0.3, 0.4) is 0 Å². The Morgan fingerprint density at radius 2 is 2.00 bits per heavy atom. The van der Waals surface area contributed by atoms with Gasteiger partial charge in [-0.05, 0) is 24.3 Å². The second-order valence-electron chi connectivity index (χ2n) is 3.67. The molecule has 1 aromatic heterocycles. The zero-order valence-electron chi connectivity index (χ0n) is 9.72. The van der Waals surface area contributed by atoms with E-state index >= 15 is 0 Å². The molecule has 5 nitrogen and oxygen atoms in total. The van der Waals surface area contributed by atoms with E-state index in [1.165, 1.54) is 0 Å². The molecule has 0 atom stereocenters. The summed E-state index contributed by atoms with van der Waals surface area (Å²) in [6.45, 7) is 0.425. The van der Waals surface area contributed by atoms with E-state index in [1.54, 1.807) is 36.6 Å². The SMILES string of the molecule is NC(NC(=O)c1ccccc1)=[NH+]Cc1ccco1. The third-order valence-electron chi connectivity index (χ3n) is 2.32. The van der Waals surface area contributed by atoms with Crippen molar-refractivity contribution in [2.45, 2.75) is 6.54 Å². The van der Waals surface area contributed by atoms with Gasteiger partial charge in [0.25, 0.3) is 0 Å². The molecule has 0 fully saturated rings. The molecule has 0 radical (unpaired) electrons. The largest absolute Gasteiger partial charge is 0.466 e. The number of guanidine groups is 1. The van der Waals surface area contributed by atoms with Crippen LogP contribution >= 0.6 is 0 Å². The molecule has 4 N–H and O–H groups in total. The van der Waals surface area contributed by atoms with E-state index in [2.05, 4.69) is 10.3 Å². The molecule has 1 aromatic carbocycles. The topological polar surface area (TPSA) is 82.2 Å². The first kappa shape index (κ1) is 11.9. The van der Waals surface area contributed by atoms with E-state index in [1.807, 2.05) is 12.1 Å². The predicted octanol–water partition coefficient (Wildman–Crippen LogP) is -0.395. The highest BCUT2D eigenvalue weighted by Gasteiger charge is 2.10. The Hall–Kier alpha value is -2.56. The summed E-state index contributed by atoms with van der Waals surface area (Å²) in [7, 11) is 0. The third-order valence-corrected chi connectivity index (χ3v) is 2.32. The van der Waals surface area contributed by atoms with Crippen molar-refractivity contribution in [2.24, 2.45) is 5.73 Å². The molecule has 0 spiro atoms. The molecule has 0 unspecified atom stereocenters. The summed E-state index contributed by atoms with van der Waals surface area (Å²) in [4.78, 5) is 14.6. The predicted molar refractivity (Wildman–Crippen MR) is 66.5 cm³/mol. The lowest BCUT2D eigenvalue weighted by Gasteiger charge is -1.98. The minimum absolute atomic E-state index is 0.195. The Balaban J connectivity index is 1.93. The number of nitrogens with two attached hydrogens (primary N) is 1. The van der Waals surface area contributed by atoms with Crippen LogP contribution in [-0.4, -0.2) is 11.9 Å². The van der Waals surface area contributed by atoms with Crippen molar-refractivity contribution in [1.82, 2.24) is 5.32 Å². The molecular formula is C13H14N3O2+. The first-order valence-electron chi connectivity index (χ1n) is 5.51. The smallest absolute Gasteiger partial charge is 0.349 e. The van der Waals surface area contributed by atoms with Crippen LogP contribution < -0.4 is 16.0 Å². The number of amides is 1. The first-order chi connectivity index (χ1) is 8.75. The lowest BCUT2D eigenvalue weighted by Crippen LogP contribution is -2.77. The van der Waals surface area contributed by atoms with Crippen molar-refractivity contribution in [3.8, 4) is 0 Å². The average molecular weight is 244 g/mol. The van der Waals surface area contributed by atoms with E-state index in [0.717, 1.165) is 5.76 Å². The van der Waals surface area contributed by atoms with Gasteiger partial charge in [0, 0.05) is 0 Å². The highest BCUT2D eigenvalue weighted by Crippen LogP contribution is 1.97. The van der Waals surface area contributed by atoms with Gasteiger partial charge in [0.15, 0.2) is 0 Å². The van der Waals surface area contributed by atoms with Gasteiger partial charge < -0.3 is 4.42 Å². The van der Waals surface area contributed by atoms with Crippen LogP contribution in [0.5, 0.6) is 0 Å². The maximum absolute atomic E-state index is 11.7. The van der Waals surface area contributed by atoms with Crippen molar-refractivity contribution in [3.05, 3.63) is 60.1 Å². The number of carbonyl (C=O) groups is 1. The molecule has 0 saturated heterocycles. The Morgan fingerprint density at radius 3 is 2.67 bits per heavy atom. The zero-order valence-corrected chi connectivity index (χ0v) is 9.72. The number of benzene rings is 1. The lowest BCUT2D eigenvalue weighted by molar-refractivity contribution is -0.480. The molecule has 2 rings (SSSR count). The number of nitrogens with one attached hydrogen (secondary N) is 2. The highest BCUT2D eigenvalue weighted by molar-refractivity contribution is 6.03. The van der Waals surface area contributed by atoms with Crippen molar-refractivity contribution >= 4 is 11.9 Å². The Kier molecular flexibility index (Phi) is 3.76. The zero-order chi connectivity index (χ0) is 12.8. The quantitative estimate of drug-likeness (QED) is 0.508. The van der Waals surface area contributed by atoms with Gasteiger partial charge in [-0.2, -0.15) is 0 Å². The van der Waals surface area contributed by atoms with E-state index in [0.29, 0.717) is 12.1 Å². The van der Waals surface area contributed by atoms with Crippen LogP contribution in [0, 0.1) is 0 Å². The molecule has 0 saturated carbocycles. The molecule has 0 aliphatic rings. The fourth-order valence-corrected chi connectivity index (χ4v) is 1.42. The molecular weight excluding hydrogens is 230 g/mol. The van der Waals surface area contributed by atoms with E-state index in [-0.39, 0.29) is 11.9 Å². The van der Waals surface area contributed by atoms with Gasteiger partial charge in [-0.1, -0.05) is 18.2 Å². The van der Waals surface area contributed by atoms with Crippen LogP contribution in [0.4, 0.5) is 0 Å². The first-order valence-corrected chi connectivity index (χ1v) is 5.51. The summed E-state index contributed by atoms with van der Waals surface area (Å²) in [5.74, 6) is 0.687. The maximum Gasteiger partial charge on any atom is 0.349 e. The minimum Gasteiger partial charge on any atom is -0.466 e. The van der Waals surface area contributed by atoms with Crippen molar-refractivity contribution in [3.63, 3.8) is 0 Å². The summed E-state index contributed by atoms with van der Waals surface area (Å²) in [5, 5.41) is 2.56. The maximum atomic E-state index is 11.7. The number of hydrogen-bond acceptors (Lipinski definition) is 2. The van der Waals surface area contributed by atoms with Gasteiger partial charge in [-0.25, -0.2) is 5.32 Å². The molecule has 0 aliphatic carbocycles. The molecule has 92 valence electrons. The van der Waals surface area contributed by atoms with Gasteiger partial charge in [0.1, 0.15) is 12.3 Å². The Morgan fingerprint density at radius 1 is 1.22 bits per heavy atom. The fraction of sp³-hybridized carbons (Fsp3) is 0.0769. The lowest BCUT2D eigenvalue weighted by atomic mass is 10.2. The number of hydrogen-bond donors (Lipinski definition) is 3. The van der Waals surface area contributed by atoms with E-state index < -0.39 is 0 Å². The van der Waals surface area contributed by atoms with Crippen LogP contribution in [-0.2, 0) is 6.54 Å². The van der Waals surface area contributed by atoms with Gasteiger partial charge in [0.2, 0.25) is 0 Å². The summed E-state index contributed by atoms with van der Waals surface area (Å²) in [6.07, 6.45) is 1.58. The molecule has 1 amide bonds. The summed E-state index contributed by atoms with van der Waals surface area (Å²) in [6, 6.07) is 12.5. The molecule has 2 aromatic rings. The second-order valence-corrected chi connectivity index (χ2v) is 3.67. The summed E-state index contributed by atoms with van der Waals surface area (Å²) in [5.41, 5.74) is 6.22. The van der Waals surface area contributed by atoms with Crippen LogP contribution in [0.2, 0.25) is 0 Å². The van der Waals surface area contributed by atoms with Gasteiger partial charge >= 0.3 is 11.9 Å². The second kappa shape index (κ2) is 5.67. The minimum atomic E-state index is -0.250. The van der Waals surface area contributed by atoms with Gasteiger partial charge in [-0.3, -0.25) is 15.5 Å². The van der Waals surface area contributed by atoms with E-state index in [4.69, 9.17) is 10.2 Å². The monoisotopic (exact) mass is 244 g/mol. The third kappa shape index (κ3) is 3.21. The highest BCUT2D eigenvalue weighted by atomic mass is 16.3. The number of furan rings is 1. The van der Waals surface area contributed by atoms with Crippen molar-refractivity contribution < 1.29 is 14.2 Å². The van der Waals surface area contributed by atoms with E-state index in [9.17, 15) is 4.79 Å². The number of carbonyl (C=O) groups excluding carboxylic acids is 1. The summed E-state index contributed by atoms with van der Waals surface area (Å²) >= 11 is 0. The standard InChI is InChI=1S/C13H13N3O2/c14-13(15-9-11-7-4-8-18-11)16-12(17)10-5-2-1-3-6-10/h1-8H,9H2,(H3,14,15,16,17)/p+1. The molecule has 0 bridgehead atoms. The van der Waals surface area contributed by atoms with Gasteiger partial charge in [-0.15, -0.1) is 0 Å². The van der Waals surface area contributed by atoms with Crippen molar-refractivity contribution in [2.75, 3.05) is 0 Å². The molecule has 5 heteroatoms. The number of rotatable bonds is 3. The van der Waals surface area contributed by atoms with Crippen LogP contribution in [0.15, 0.2) is 53.1 Å². The average Bonchev–Trinajstić information content (AvgIpc) is 2.90. The Bertz CT molecular complexity index is 533. The van der Waals surface area contributed by atoms with Crippen molar-refractivity contribution in [1.29, 1.82) is 0 Å². The molecule has 1 heterocycles. The fourth-order valence-electron chi connectivity index (χ4n) is 1.42. The normalized spacial score (nSPS) is 11.2. The van der Waals surface area contributed by atoms with Gasteiger partial charge in [0.05, 0.1) is 11.8 Å². The summed E-state index contributed by atoms with van der Waals surface area (Å²) < 4.78 is 5.13. The van der Waals surface area contributed by atoms with Crippen LogP contribution in [0.25, 0.3) is 0 Å². The Labute approximate surface area is 104 Å². The van der Waals surface area contributed by atoms with Crippen LogP contribution in [0.1, 0.15) is 16.1 Å². The molecule has 18 heavy (non-hydrogen) atoms.